The van der Waals surface area contributed by atoms with E-state index < -0.39 is 0 Å². The monoisotopic (exact) mass is 497 g/mol. The second-order valence-corrected chi connectivity index (χ2v) is 9.98. The zero-order valence-corrected chi connectivity index (χ0v) is 21.7. The third kappa shape index (κ3) is 6.00. The predicted octanol–water partition coefficient (Wildman–Crippen LogP) is 4.42. The molecule has 1 fully saturated rings. The van der Waals surface area contributed by atoms with Gasteiger partial charge in [-0.2, -0.15) is 0 Å². The molecule has 3 heterocycles. The summed E-state index contributed by atoms with van der Waals surface area (Å²) < 4.78 is 7.43. The van der Waals surface area contributed by atoms with Gasteiger partial charge in [-0.1, -0.05) is 30.3 Å². The second-order valence-electron chi connectivity index (χ2n) is 9.98. The average Bonchev–Trinajstić information content (AvgIpc) is 3.35. The Hall–Kier alpha value is -3.71. The van der Waals surface area contributed by atoms with E-state index in [4.69, 9.17) is 4.74 Å². The summed E-state index contributed by atoms with van der Waals surface area (Å²) in [6.07, 6.45) is 8.45. The maximum absolute atomic E-state index is 13.2. The van der Waals surface area contributed by atoms with Gasteiger partial charge in [-0.15, -0.1) is 0 Å². The average molecular weight is 498 g/mol. The van der Waals surface area contributed by atoms with E-state index in [-0.39, 0.29) is 5.91 Å². The van der Waals surface area contributed by atoms with Gasteiger partial charge in [0, 0.05) is 38.1 Å². The predicted molar refractivity (Wildman–Crippen MR) is 145 cm³/mol. The van der Waals surface area contributed by atoms with Gasteiger partial charge in [0.2, 0.25) is 5.91 Å². The van der Waals surface area contributed by atoms with E-state index >= 15 is 0 Å². The Labute approximate surface area is 218 Å². The fraction of sp³-hybridized carbons (Fsp3) is 0.367. The molecule has 0 spiro atoms. The van der Waals surface area contributed by atoms with Crippen molar-refractivity contribution in [3.05, 3.63) is 90.5 Å². The molecule has 7 heteroatoms. The van der Waals surface area contributed by atoms with Gasteiger partial charge in [0.05, 0.1) is 24.5 Å². The summed E-state index contributed by atoms with van der Waals surface area (Å²) in [5.41, 5.74) is 4.40. The van der Waals surface area contributed by atoms with Crippen molar-refractivity contribution in [3.63, 3.8) is 0 Å². The Bertz CT molecular complexity index is 1310. The minimum absolute atomic E-state index is 0.162. The van der Waals surface area contributed by atoms with Crippen LogP contribution in [-0.4, -0.2) is 63.5 Å². The number of pyridine rings is 1. The quantitative estimate of drug-likeness (QED) is 0.343. The molecule has 192 valence electrons. The Morgan fingerprint density at radius 2 is 1.89 bits per heavy atom. The van der Waals surface area contributed by atoms with Crippen LogP contribution in [0.15, 0.2) is 79.4 Å². The van der Waals surface area contributed by atoms with Crippen LogP contribution in [0.1, 0.15) is 24.0 Å². The Kier molecular flexibility index (Phi) is 7.80. The van der Waals surface area contributed by atoms with Gasteiger partial charge in [-0.25, -0.2) is 4.98 Å². The van der Waals surface area contributed by atoms with Gasteiger partial charge in [0.1, 0.15) is 12.3 Å². The highest BCUT2D eigenvalue weighted by molar-refractivity contribution is 5.80. The van der Waals surface area contributed by atoms with E-state index in [0.29, 0.717) is 18.5 Å². The highest BCUT2D eigenvalue weighted by Gasteiger charge is 2.31. The first kappa shape index (κ1) is 25.0. The lowest BCUT2D eigenvalue weighted by atomic mass is 9.84. The van der Waals surface area contributed by atoms with Crippen LogP contribution in [0.25, 0.3) is 11.0 Å². The zero-order chi connectivity index (χ0) is 25.6. The Morgan fingerprint density at radius 3 is 2.68 bits per heavy atom. The number of piperidine rings is 1. The second kappa shape index (κ2) is 11.6. The number of nitrogens with zero attached hydrogens (tertiary/aromatic N) is 5. The van der Waals surface area contributed by atoms with Crippen LogP contribution in [0.4, 0.5) is 0 Å². The molecule has 2 aromatic carbocycles. The largest absolute Gasteiger partial charge is 0.497 e. The van der Waals surface area contributed by atoms with Gasteiger partial charge < -0.3 is 14.2 Å². The van der Waals surface area contributed by atoms with Crippen molar-refractivity contribution in [3.8, 4) is 5.75 Å². The van der Waals surface area contributed by atoms with Crippen LogP contribution in [0.5, 0.6) is 5.75 Å². The smallest absolute Gasteiger partial charge is 0.242 e. The summed E-state index contributed by atoms with van der Waals surface area (Å²) >= 11 is 0. The molecule has 0 unspecified atom stereocenters. The highest BCUT2D eigenvalue weighted by Crippen LogP contribution is 2.28. The minimum atomic E-state index is 0.162. The summed E-state index contributed by atoms with van der Waals surface area (Å²) in [5.74, 6) is 1.54. The molecule has 7 nitrogen and oxygen atoms in total. The number of amides is 1. The molecule has 0 N–H and O–H groups in total. The molecule has 1 aliphatic heterocycles. The SMILES string of the molecule is COc1cccc(C[C@@H](C2CCN(C(=O)Cn3cnc4ccccc43)CC2)N(C)Cc2cccnc2)c1. The van der Waals surface area contributed by atoms with E-state index in [0.717, 1.165) is 55.7 Å². The van der Waals surface area contributed by atoms with Crippen LogP contribution in [0.2, 0.25) is 0 Å². The number of ether oxygens (including phenoxy) is 1. The molecule has 4 aromatic rings. The van der Waals surface area contributed by atoms with Crippen molar-refractivity contribution >= 4 is 16.9 Å². The molecule has 1 amide bonds. The molecule has 1 atom stereocenters. The lowest BCUT2D eigenvalue weighted by molar-refractivity contribution is -0.133. The zero-order valence-electron chi connectivity index (χ0n) is 21.7. The molecule has 1 aliphatic rings. The molecule has 2 aromatic heterocycles. The molecule has 0 bridgehead atoms. The first-order chi connectivity index (χ1) is 18.1. The minimum Gasteiger partial charge on any atom is -0.497 e. The number of aromatic nitrogens is 3. The number of carbonyl (C=O) groups excluding carboxylic acids is 1. The lowest BCUT2D eigenvalue weighted by Crippen LogP contribution is -2.47. The van der Waals surface area contributed by atoms with Crippen LogP contribution < -0.4 is 4.74 Å². The molecular weight excluding hydrogens is 462 g/mol. The standard InChI is InChI=1S/C30H35N5O2/c1-33(20-24-8-6-14-31-19-24)29(18-23-7-5-9-26(17-23)37-2)25-12-15-34(16-13-25)30(36)21-35-22-32-27-10-3-4-11-28(27)35/h3-11,14,17,19,22,25,29H,12-13,15-16,18,20-21H2,1-2H3/t29-/m0/s1. The summed E-state index contributed by atoms with van der Waals surface area (Å²) in [7, 11) is 3.92. The van der Waals surface area contributed by atoms with E-state index in [1.54, 1.807) is 13.4 Å². The van der Waals surface area contributed by atoms with Crippen molar-refractivity contribution in [2.45, 2.75) is 38.4 Å². The third-order valence-corrected chi connectivity index (χ3v) is 7.57. The Balaban J connectivity index is 1.26. The summed E-state index contributed by atoms with van der Waals surface area (Å²) in [4.78, 5) is 26.4. The van der Waals surface area contributed by atoms with Gasteiger partial charge in [0.15, 0.2) is 0 Å². The molecule has 0 aliphatic carbocycles. The topological polar surface area (TPSA) is 63.5 Å². The molecule has 1 saturated heterocycles. The number of hydrogen-bond acceptors (Lipinski definition) is 5. The summed E-state index contributed by atoms with van der Waals surface area (Å²) in [6.45, 7) is 2.74. The number of hydrogen-bond donors (Lipinski definition) is 0. The van der Waals surface area contributed by atoms with E-state index in [9.17, 15) is 4.79 Å². The number of rotatable bonds is 9. The number of benzene rings is 2. The molecular formula is C30H35N5O2. The van der Waals surface area contributed by atoms with Crippen LogP contribution in [0.3, 0.4) is 0 Å². The van der Waals surface area contributed by atoms with Gasteiger partial charge in [-0.05, 0) is 73.7 Å². The maximum atomic E-state index is 13.2. The van der Waals surface area contributed by atoms with Crippen molar-refractivity contribution in [2.75, 3.05) is 27.2 Å². The molecule has 5 rings (SSSR count). The van der Waals surface area contributed by atoms with E-state index in [2.05, 4.69) is 46.2 Å². The normalized spacial score (nSPS) is 15.3. The number of methoxy groups -OCH3 is 1. The molecule has 0 radical (unpaired) electrons. The summed E-state index contributed by atoms with van der Waals surface area (Å²) in [6, 6.07) is 20.8. The highest BCUT2D eigenvalue weighted by atomic mass is 16.5. The van der Waals surface area contributed by atoms with Crippen LogP contribution in [0, 0.1) is 5.92 Å². The van der Waals surface area contributed by atoms with Gasteiger partial charge in [0.25, 0.3) is 0 Å². The lowest BCUT2D eigenvalue weighted by Gasteiger charge is -2.40. The van der Waals surface area contributed by atoms with Crippen LogP contribution in [-0.2, 0) is 24.3 Å². The molecule has 37 heavy (non-hydrogen) atoms. The third-order valence-electron chi connectivity index (χ3n) is 7.57. The van der Waals surface area contributed by atoms with Crippen molar-refractivity contribution in [1.29, 1.82) is 0 Å². The number of likely N-dealkylation sites (tertiary alicyclic amines) is 1. The van der Waals surface area contributed by atoms with E-state index in [1.807, 2.05) is 58.3 Å². The number of imidazole rings is 1. The molecule has 0 saturated carbocycles. The maximum Gasteiger partial charge on any atom is 0.242 e. The Morgan fingerprint density at radius 1 is 1.08 bits per heavy atom. The van der Waals surface area contributed by atoms with Gasteiger partial charge >= 0.3 is 0 Å². The first-order valence-corrected chi connectivity index (χ1v) is 13.0. The number of fused-ring (bicyclic) bond motifs is 1. The van der Waals surface area contributed by atoms with Gasteiger partial charge in [-0.3, -0.25) is 14.7 Å². The first-order valence-electron chi connectivity index (χ1n) is 13.0. The van der Waals surface area contributed by atoms with Crippen LogP contribution >= 0.6 is 0 Å². The van der Waals surface area contributed by atoms with E-state index in [1.165, 1.54) is 11.1 Å². The number of likely N-dealkylation sites (N-methyl/N-ethyl adjacent to an activating group) is 1. The number of carbonyl (C=O) groups is 1. The van der Waals surface area contributed by atoms with Crippen molar-refractivity contribution in [2.24, 2.45) is 5.92 Å². The van der Waals surface area contributed by atoms with Crippen molar-refractivity contribution in [1.82, 2.24) is 24.3 Å². The fourth-order valence-corrected chi connectivity index (χ4v) is 5.54. The fourth-order valence-electron chi connectivity index (χ4n) is 5.54. The number of para-hydroxylation sites is 2. The van der Waals surface area contributed by atoms with Crippen molar-refractivity contribution < 1.29 is 9.53 Å². The summed E-state index contributed by atoms with van der Waals surface area (Å²) in [5, 5.41) is 0.